The minimum absolute atomic E-state index is 0.513. The number of nitrogens with zero attached hydrogens (tertiary/aromatic N) is 2. The number of guanidine groups is 1. The SMILES string of the molecule is NC(=NCC1(O)C2C3CC4C5C3CC2C5C41)N1CCCCCC1. The van der Waals surface area contributed by atoms with E-state index in [1.807, 2.05) is 0 Å². The summed E-state index contributed by atoms with van der Waals surface area (Å²) in [4.78, 5) is 7.01. The van der Waals surface area contributed by atoms with Crippen molar-refractivity contribution in [1.29, 1.82) is 0 Å². The maximum atomic E-state index is 11.6. The molecule has 4 heteroatoms. The summed E-state index contributed by atoms with van der Waals surface area (Å²) in [7, 11) is 0. The predicted octanol–water partition coefficient (Wildman–Crippen LogP) is 1.69. The van der Waals surface area contributed by atoms with Gasteiger partial charge in [0.15, 0.2) is 5.96 Å². The maximum Gasteiger partial charge on any atom is 0.191 e. The van der Waals surface area contributed by atoms with Crippen molar-refractivity contribution < 1.29 is 5.11 Å². The molecule has 23 heavy (non-hydrogen) atoms. The molecule has 6 fully saturated rings. The van der Waals surface area contributed by atoms with Gasteiger partial charge in [-0.25, -0.2) is 0 Å². The summed E-state index contributed by atoms with van der Waals surface area (Å²) in [5, 5.41) is 11.6. The van der Waals surface area contributed by atoms with Crippen molar-refractivity contribution in [3.63, 3.8) is 0 Å². The molecular weight excluding hydrogens is 286 g/mol. The monoisotopic (exact) mass is 315 g/mol. The molecule has 1 aliphatic heterocycles. The first kappa shape index (κ1) is 13.5. The van der Waals surface area contributed by atoms with E-state index < -0.39 is 5.60 Å². The molecule has 9 atom stereocenters. The van der Waals surface area contributed by atoms with Crippen LogP contribution in [-0.2, 0) is 0 Å². The van der Waals surface area contributed by atoms with Crippen LogP contribution in [0.4, 0.5) is 0 Å². The normalized spacial score (nSPS) is 58.8. The maximum absolute atomic E-state index is 11.6. The number of hydrogen-bond donors (Lipinski definition) is 2. The van der Waals surface area contributed by atoms with Gasteiger partial charge in [-0.15, -0.1) is 0 Å². The molecule has 0 aromatic rings. The summed E-state index contributed by atoms with van der Waals surface area (Å²) < 4.78 is 0. The lowest BCUT2D eigenvalue weighted by Gasteiger charge is -2.51. The number of fused-ring (bicyclic) bond motifs is 2. The average molecular weight is 315 g/mol. The number of likely N-dealkylation sites (tertiary alicyclic amines) is 1. The van der Waals surface area contributed by atoms with Gasteiger partial charge in [0.1, 0.15) is 0 Å². The molecule has 0 spiro atoms. The summed E-state index contributed by atoms with van der Waals surface area (Å²) in [6.07, 6.45) is 7.92. The lowest BCUT2D eigenvalue weighted by molar-refractivity contribution is -0.123. The van der Waals surface area contributed by atoms with Crippen molar-refractivity contribution in [2.45, 2.75) is 44.1 Å². The first-order valence-electron chi connectivity index (χ1n) is 9.97. The van der Waals surface area contributed by atoms with E-state index in [0.717, 1.165) is 48.6 Å². The Morgan fingerprint density at radius 2 is 1.65 bits per heavy atom. The van der Waals surface area contributed by atoms with Gasteiger partial charge < -0.3 is 15.7 Å². The fourth-order valence-electron chi connectivity index (χ4n) is 8.54. The van der Waals surface area contributed by atoms with Crippen LogP contribution in [0.5, 0.6) is 0 Å². The molecular formula is C19H29N3O. The highest BCUT2D eigenvalue weighted by Crippen LogP contribution is 2.85. The van der Waals surface area contributed by atoms with Gasteiger partial charge in [0.2, 0.25) is 0 Å². The van der Waals surface area contributed by atoms with Crippen molar-refractivity contribution in [3.05, 3.63) is 0 Å². The van der Waals surface area contributed by atoms with Crippen LogP contribution in [0.25, 0.3) is 0 Å². The molecule has 6 aliphatic rings. The van der Waals surface area contributed by atoms with Crippen LogP contribution < -0.4 is 5.73 Å². The smallest absolute Gasteiger partial charge is 0.191 e. The molecule has 0 radical (unpaired) electrons. The molecule has 6 rings (SSSR count). The average Bonchev–Trinajstić information content (AvgIpc) is 2.93. The summed E-state index contributed by atoms with van der Waals surface area (Å²) in [6, 6.07) is 0. The highest BCUT2D eigenvalue weighted by Gasteiger charge is 2.84. The van der Waals surface area contributed by atoms with Crippen LogP contribution >= 0.6 is 0 Å². The van der Waals surface area contributed by atoms with Crippen molar-refractivity contribution in [3.8, 4) is 0 Å². The first-order chi connectivity index (χ1) is 11.2. The Hall–Kier alpha value is -0.770. The number of rotatable bonds is 2. The van der Waals surface area contributed by atoms with Crippen LogP contribution in [0.2, 0.25) is 0 Å². The van der Waals surface area contributed by atoms with E-state index in [9.17, 15) is 5.11 Å². The number of nitrogens with two attached hydrogens (primary N) is 1. The fourth-order valence-corrected chi connectivity index (χ4v) is 8.54. The molecule has 0 aromatic carbocycles. The van der Waals surface area contributed by atoms with Gasteiger partial charge in [-0.1, -0.05) is 12.8 Å². The molecule has 3 N–H and O–H groups in total. The van der Waals surface area contributed by atoms with E-state index >= 15 is 0 Å². The van der Waals surface area contributed by atoms with E-state index in [1.54, 1.807) is 0 Å². The van der Waals surface area contributed by atoms with E-state index in [2.05, 4.69) is 4.90 Å². The summed E-state index contributed by atoms with van der Waals surface area (Å²) >= 11 is 0. The number of aliphatic imine (C=N–C) groups is 1. The first-order valence-corrected chi connectivity index (χ1v) is 9.97. The Kier molecular flexibility index (Phi) is 2.50. The standard InChI is InChI=1S/C19H29N3O/c20-18(22-5-3-1-2-4-6-22)21-9-19(23)16-11-8-12-14-10(11)7-13(16)15(14)17(12)19/h10-17,23H,1-9H2,(H2,20,21). The Labute approximate surface area is 138 Å². The van der Waals surface area contributed by atoms with Crippen LogP contribution in [0.3, 0.4) is 0 Å². The van der Waals surface area contributed by atoms with E-state index in [0.29, 0.717) is 24.3 Å². The second kappa shape index (κ2) is 4.25. The molecule has 0 aromatic heterocycles. The van der Waals surface area contributed by atoms with Gasteiger partial charge >= 0.3 is 0 Å². The number of hydrogen-bond acceptors (Lipinski definition) is 2. The van der Waals surface area contributed by atoms with E-state index in [4.69, 9.17) is 10.7 Å². The fraction of sp³-hybridized carbons (Fsp3) is 0.947. The Bertz CT molecular complexity index is 563. The predicted molar refractivity (Wildman–Crippen MR) is 88.6 cm³/mol. The van der Waals surface area contributed by atoms with Crippen molar-refractivity contribution in [1.82, 2.24) is 4.90 Å². The van der Waals surface area contributed by atoms with Gasteiger partial charge in [0, 0.05) is 13.1 Å². The molecule has 5 aliphatic carbocycles. The van der Waals surface area contributed by atoms with E-state index in [1.165, 1.54) is 38.5 Å². The van der Waals surface area contributed by atoms with Gasteiger partial charge in [0.25, 0.3) is 0 Å². The van der Waals surface area contributed by atoms with Crippen molar-refractivity contribution >= 4 is 5.96 Å². The molecule has 0 amide bonds. The topological polar surface area (TPSA) is 61.9 Å². The minimum atomic E-state index is -0.513. The second-order valence-electron chi connectivity index (χ2n) is 9.40. The molecule has 4 nitrogen and oxygen atoms in total. The van der Waals surface area contributed by atoms with Crippen LogP contribution in [0.1, 0.15) is 38.5 Å². The third-order valence-corrected chi connectivity index (χ3v) is 8.94. The Balaban J connectivity index is 1.25. The van der Waals surface area contributed by atoms with E-state index in [-0.39, 0.29) is 0 Å². The van der Waals surface area contributed by atoms with Gasteiger partial charge in [-0.3, -0.25) is 4.99 Å². The molecule has 1 heterocycles. The molecule has 9 unspecified atom stereocenters. The molecule has 2 bridgehead atoms. The molecule has 5 saturated carbocycles. The molecule has 126 valence electrons. The third kappa shape index (κ3) is 1.42. The summed E-state index contributed by atoms with van der Waals surface area (Å²) in [5.74, 6) is 7.11. The van der Waals surface area contributed by atoms with Gasteiger partial charge in [0.05, 0.1) is 12.1 Å². The lowest BCUT2D eigenvalue weighted by atomic mass is 9.56. The minimum Gasteiger partial charge on any atom is -0.387 e. The van der Waals surface area contributed by atoms with Crippen molar-refractivity contribution in [2.75, 3.05) is 19.6 Å². The van der Waals surface area contributed by atoms with Gasteiger partial charge in [-0.05, 0) is 73.0 Å². The highest BCUT2D eigenvalue weighted by molar-refractivity contribution is 5.78. The Morgan fingerprint density at radius 3 is 2.43 bits per heavy atom. The summed E-state index contributed by atoms with van der Waals surface area (Å²) in [5.41, 5.74) is 5.79. The lowest BCUT2D eigenvalue weighted by Crippen LogP contribution is -2.56. The quantitative estimate of drug-likeness (QED) is 0.602. The third-order valence-electron chi connectivity index (χ3n) is 8.94. The Morgan fingerprint density at radius 1 is 0.957 bits per heavy atom. The number of aliphatic hydroxyl groups is 1. The zero-order valence-corrected chi connectivity index (χ0v) is 13.9. The van der Waals surface area contributed by atoms with Crippen molar-refractivity contribution in [2.24, 2.45) is 58.1 Å². The highest BCUT2D eigenvalue weighted by atomic mass is 16.3. The zero-order chi connectivity index (χ0) is 15.3. The largest absolute Gasteiger partial charge is 0.387 e. The summed E-state index contributed by atoms with van der Waals surface area (Å²) in [6.45, 7) is 2.66. The van der Waals surface area contributed by atoms with Crippen LogP contribution in [-0.4, -0.2) is 41.2 Å². The van der Waals surface area contributed by atoms with Crippen LogP contribution in [0, 0.1) is 47.3 Å². The van der Waals surface area contributed by atoms with Gasteiger partial charge in [-0.2, -0.15) is 0 Å². The second-order valence-corrected chi connectivity index (χ2v) is 9.40. The zero-order valence-electron chi connectivity index (χ0n) is 13.9. The van der Waals surface area contributed by atoms with Crippen LogP contribution in [0.15, 0.2) is 4.99 Å². The molecule has 1 saturated heterocycles.